The molecule has 1 aromatic heterocycles. The van der Waals surface area contributed by atoms with Gasteiger partial charge < -0.3 is 19.9 Å². The van der Waals surface area contributed by atoms with Crippen molar-refractivity contribution < 1.29 is 9.53 Å². The number of nitrogens with one attached hydrogen (secondary N) is 1. The third-order valence-corrected chi connectivity index (χ3v) is 4.40. The summed E-state index contributed by atoms with van der Waals surface area (Å²) >= 11 is 0. The summed E-state index contributed by atoms with van der Waals surface area (Å²) < 4.78 is 7.64. The van der Waals surface area contributed by atoms with Gasteiger partial charge in [0.15, 0.2) is 0 Å². The highest BCUT2D eigenvalue weighted by molar-refractivity contribution is 5.74. The molecule has 2 heterocycles. The topological polar surface area (TPSA) is 62.6 Å². The number of ether oxygens (including phenoxy) is 1. The van der Waals surface area contributed by atoms with Crippen LogP contribution >= 0.6 is 0 Å². The van der Waals surface area contributed by atoms with Crippen LogP contribution in [-0.2, 0) is 11.3 Å². The number of urea groups is 1. The van der Waals surface area contributed by atoms with E-state index in [-0.39, 0.29) is 12.1 Å². The summed E-state index contributed by atoms with van der Waals surface area (Å²) in [4.78, 5) is 16.7. The second-order valence-electron chi connectivity index (χ2n) is 6.60. The van der Waals surface area contributed by atoms with Crippen LogP contribution in [0.2, 0.25) is 0 Å². The maximum absolute atomic E-state index is 12.5. The van der Waals surface area contributed by atoms with Crippen LogP contribution in [0.4, 0.5) is 4.79 Å². The highest BCUT2D eigenvalue weighted by Crippen LogP contribution is 2.29. The Morgan fingerprint density at radius 2 is 2.30 bits per heavy atom. The van der Waals surface area contributed by atoms with Crippen molar-refractivity contribution >= 4 is 6.03 Å². The summed E-state index contributed by atoms with van der Waals surface area (Å²) in [5.74, 6) is 0.674. The van der Waals surface area contributed by atoms with Gasteiger partial charge in [0.1, 0.15) is 0 Å². The summed E-state index contributed by atoms with van der Waals surface area (Å²) in [6.07, 6.45) is 6.24. The second kappa shape index (κ2) is 7.79. The van der Waals surface area contributed by atoms with E-state index in [0.29, 0.717) is 25.6 Å². The fourth-order valence-corrected chi connectivity index (χ4v) is 2.90. The molecule has 3 rings (SSSR count). The number of carbonyl (C=O) groups is 1. The van der Waals surface area contributed by atoms with Crippen LogP contribution in [0.25, 0.3) is 0 Å². The third-order valence-electron chi connectivity index (χ3n) is 4.40. The van der Waals surface area contributed by atoms with Crippen molar-refractivity contribution in [3.63, 3.8) is 0 Å². The van der Waals surface area contributed by atoms with Crippen molar-refractivity contribution in [3.05, 3.63) is 18.5 Å². The Morgan fingerprint density at radius 3 is 3.00 bits per heavy atom. The lowest BCUT2D eigenvalue weighted by Crippen LogP contribution is -2.50. The van der Waals surface area contributed by atoms with E-state index < -0.39 is 0 Å². The van der Waals surface area contributed by atoms with Crippen molar-refractivity contribution in [1.29, 1.82) is 0 Å². The molecule has 1 aliphatic carbocycles. The molecule has 1 saturated heterocycles. The molecule has 1 aromatic rings. The molecule has 2 fully saturated rings. The number of nitrogens with zero attached hydrogens (tertiary/aromatic N) is 4. The van der Waals surface area contributed by atoms with Crippen LogP contribution in [-0.4, -0.2) is 78.1 Å². The Hall–Kier alpha value is -1.60. The first-order chi connectivity index (χ1) is 11.2. The number of carbonyl (C=O) groups excluding carboxylic acids is 1. The van der Waals surface area contributed by atoms with Gasteiger partial charge in [-0.05, 0) is 31.9 Å². The quantitative estimate of drug-likeness (QED) is 0.800. The number of hydrogen-bond donors (Lipinski definition) is 1. The molecule has 0 spiro atoms. The zero-order chi connectivity index (χ0) is 16.1. The SMILES string of the molecule is CN1CCOC(CN(CC2CC2)C(=O)NCCn2cccn2)C1. The summed E-state index contributed by atoms with van der Waals surface area (Å²) in [6, 6.07) is 1.90. The molecule has 0 bridgehead atoms. The molecule has 1 aliphatic heterocycles. The molecule has 1 N–H and O–H groups in total. The van der Waals surface area contributed by atoms with Crippen LogP contribution in [0, 0.1) is 5.92 Å². The lowest BCUT2D eigenvalue weighted by Gasteiger charge is -2.34. The molecule has 2 aliphatic rings. The van der Waals surface area contributed by atoms with E-state index in [1.165, 1.54) is 12.8 Å². The molecular formula is C16H27N5O2. The van der Waals surface area contributed by atoms with Crippen molar-refractivity contribution in [2.24, 2.45) is 5.92 Å². The molecule has 128 valence electrons. The normalized spacial score (nSPS) is 22.0. The van der Waals surface area contributed by atoms with Gasteiger partial charge in [0.05, 0.1) is 19.3 Å². The van der Waals surface area contributed by atoms with Crippen molar-refractivity contribution in [1.82, 2.24) is 24.9 Å². The number of hydrogen-bond acceptors (Lipinski definition) is 4. The lowest BCUT2D eigenvalue weighted by molar-refractivity contribution is -0.0308. The maximum Gasteiger partial charge on any atom is 0.317 e. The third kappa shape index (κ3) is 5.21. The van der Waals surface area contributed by atoms with Crippen LogP contribution in [0.15, 0.2) is 18.5 Å². The number of rotatable bonds is 7. The summed E-state index contributed by atoms with van der Waals surface area (Å²) in [7, 11) is 2.10. The highest BCUT2D eigenvalue weighted by atomic mass is 16.5. The van der Waals surface area contributed by atoms with E-state index in [2.05, 4.69) is 22.4 Å². The molecule has 7 heteroatoms. The lowest BCUT2D eigenvalue weighted by atomic mass is 10.2. The predicted molar refractivity (Wildman–Crippen MR) is 87.2 cm³/mol. The Kier molecular flexibility index (Phi) is 5.51. The van der Waals surface area contributed by atoms with Gasteiger partial charge >= 0.3 is 6.03 Å². The minimum absolute atomic E-state index is 0.0147. The summed E-state index contributed by atoms with van der Waals surface area (Å²) in [6.45, 7) is 5.41. The first-order valence-electron chi connectivity index (χ1n) is 8.51. The number of morpholine rings is 1. The first kappa shape index (κ1) is 16.3. The standard InChI is InChI=1S/C16H27N5O2/c1-19-9-10-23-15(12-19)13-20(11-14-3-4-14)16(22)17-6-8-21-7-2-5-18-21/h2,5,7,14-15H,3-4,6,8-13H2,1H3,(H,17,22). The van der Waals surface area contributed by atoms with Crippen LogP contribution in [0.3, 0.4) is 0 Å². The predicted octanol–water partition coefficient (Wildman–Crippen LogP) is 0.635. The molecule has 23 heavy (non-hydrogen) atoms. The Labute approximate surface area is 137 Å². The molecular weight excluding hydrogens is 294 g/mol. The molecule has 1 unspecified atom stereocenters. The van der Waals surface area contributed by atoms with Crippen molar-refractivity contribution in [2.45, 2.75) is 25.5 Å². The maximum atomic E-state index is 12.5. The zero-order valence-corrected chi connectivity index (χ0v) is 13.9. The van der Waals surface area contributed by atoms with E-state index in [4.69, 9.17) is 4.74 Å². The molecule has 1 atom stereocenters. The minimum atomic E-state index is 0.0147. The smallest absolute Gasteiger partial charge is 0.317 e. The second-order valence-corrected chi connectivity index (χ2v) is 6.60. The van der Waals surface area contributed by atoms with E-state index in [0.717, 1.165) is 26.2 Å². The molecule has 0 radical (unpaired) electrons. The van der Waals surface area contributed by atoms with Gasteiger partial charge in [0.25, 0.3) is 0 Å². The van der Waals surface area contributed by atoms with E-state index in [9.17, 15) is 4.79 Å². The Balaban J connectivity index is 1.47. The zero-order valence-electron chi connectivity index (χ0n) is 13.9. The van der Waals surface area contributed by atoms with Crippen LogP contribution in [0.1, 0.15) is 12.8 Å². The van der Waals surface area contributed by atoms with E-state index in [1.807, 2.05) is 21.8 Å². The monoisotopic (exact) mass is 321 g/mol. The van der Waals surface area contributed by atoms with Gasteiger partial charge in [-0.25, -0.2) is 4.79 Å². The largest absolute Gasteiger partial charge is 0.374 e. The van der Waals surface area contributed by atoms with Gasteiger partial charge in [-0.1, -0.05) is 0 Å². The summed E-state index contributed by atoms with van der Waals surface area (Å²) in [5, 5.41) is 7.16. The Morgan fingerprint density at radius 1 is 1.43 bits per heavy atom. The average molecular weight is 321 g/mol. The van der Waals surface area contributed by atoms with Gasteiger partial charge in [0, 0.05) is 45.1 Å². The van der Waals surface area contributed by atoms with Crippen LogP contribution in [0.5, 0.6) is 0 Å². The number of aromatic nitrogens is 2. The molecule has 1 saturated carbocycles. The van der Waals surface area contributed by atoms with Gasteiger partial charge in [-0.15, -0.1) is 0 Å². The molecule has 7 nitrogen and oxygen atoms in total. The summed E-state index contributed by atoms with van der Waals surface area (Å²) in [5.41, 5.74) is 0. The van der Waals surface area contributed by atoms with Crippen LogP contribution < -0.4 is 5.32 Å². The van der Waals surface area contributed by atoms with Crippen molar-refractivity contribution in [3.8, 4) is 0 Å². The average Bonchev–Trinajstić information content (AvgIpc) is 3.19. The fraction of sp³-hybridized carbons (Fsp3) is 0.750. The van der Waals surface area contributed by atoms with Crippen molar-refractivity contribution in [2.75, 3.05) is 46.4 Å². The Bertz CT molecular complexity index is 489. The molecule has 0 aromatic carbocycles. The first-order valence-corrected chi connectivity index (χ1v) is 8.51. The highest BCUT2D eigenvalue weighted by Gasteiger charge is 2.29. The fourth-order valence-electron chi connectivity index (χ4n) is 2.90. The van der Waals surface area contributed by atoms with E-state index in [1.54, 1.807) is 6.20 Å². The number of amides is 2. The van der Waals surface area contributed by atoms with Gasteiger partial charge in [0.2, 0.25) is 0 Å². The minimum Gasteiger partial charge on any atom is -0.374 e. The molecule has 2 amide bonds. The van der Waals surface area contributed by atoms with Gasteiger partial charge in [-0.3, -0.25) is 4.68 Å². The van der Waals surface area contributed by atoms with E-state index >= 15 is 0 Å². The number of likely N-dealkylation sites (N-methyl/N-ethyl adjacent to an activating group) is 1. The van der Waals surface area contributed by atoms with Gasteiger partial charge in [-0.2, -0.15) is 5.10 Å².